The summed E-state index contributed by atoms with van der Waals surface area (Å²) >= 11 is 1.48. The number of aromatic amines is 1. The van der Waals surface area contributed by atoms with Crippen LogP contribution in [0.3, 0.4) is 0 Å². The molecule has 0 saturated heterocycles. The van der Waals surface area contributed by atoms with Crippen LogP contribution in [0.5, 0.6) is 0 Å². The van der Waals surface area contributed by atoms with E-state index in [1.165, 1.54) is 11.3 Å². The second kappa shape index (κ2) is 6.45. The fourth-order valence-corrected chi connectivity index (χ4v) is 3.49. The molecule has 7 heteroatoms. The highest BCUT2D eigenvalue weighted by Crippen LogP contribution is 2.25. The second-order valence-electron chi connectivity index (χ2n) is 5.62. The van der Waals surface area contributed by atoms with Crippen molar-refractivity contribution >= 4 is 27.3 Å². The molecule has 0 aliphatic heterocycles. The maximum Gasteiger partial charge on any atom is 0.261 e. The van der Waals surface area contributed by atoms with Gasteiger partial charge in [-0.05, 0) is 36.6 Å². The van der Waals surface area contributed by atoms with Crippen LogP contribution >= 0.6 is 11.3 Å². The maximum absolute atomic E-state index is 12.5. The van der Waals surface area contributed by atoms with Gasteiger partial charge in [0.05, 0.1) is 10.9 Å². The van der Waals surface area contributed by atoms with Crippen molar-refractivity contribution in [2.24, 2.45) is 0 Å². The smallest absolute Gasteiger partial charge is 0.261 e. The molecule has 3 heterocycles. The fraction of sp³-hybridized carbons (Fsp3) is 0.111. The lowest BCUT2D eigenvalue weighted by atomic mass is 10.2. The van der Waals surface area contributed by atoms with Gasteiger partial charge in [-0.3, -0.25) is 14.9 Å². The number of carbonyl (C=O) groups excluding carboxylic acids is 1. The first-order valence-corrected chi connectivity index (χ1v) is 8.64. The summed E-state index contributed by atoms with van der Waals surface area (Å²) in [6, 6.07) is 13.3. The molecule has 0 bridgehead atoms. The summed E-state index contributed by atoms with van der Waals surface area (Å²) in [5.74, 6) is 1.08. The van der Waals surface area contributed by atoms with Gasteiger partial charge in [0.2, 0.25) is 0 Å². The number of nitrogens with one attached hydrogen (secondary N) is 2. The molecule has 0 aliphatic carbocycles. The van der Waals surface area contributed by atoms with Crippen LogP contribution in [-0.4, -0.2) is 26.1 Å². The molecule has 1 amide bonds. The highest BCUT2D eigenvalue weighted by Gasteiger charge is 2.17. The van der Waals surface area contributed by atoms with Gasteiger partial charge >= 0.3 is 0 Å². The number of hydrogen-bond donors (Lipinski definition) is 2. The van der Waals surface area contributed by atoms with E-state index in [1.54, 1.807) is 12.4 Å². The topological polar surface area (TPSA) is 83.6 Å². The summed E-state index contributed by atoms with van der Waals surface area (Å²) in [6.45, 7) is 1.88. The van der Waals surface area contributed by atoms with E-state index in [0.29, 0.717) is 16.5 Å². The van der Waals surface area contributed by atoms with Crippen molar-refractivity contribution in [3.8, 4) is 11.4 Å². The van der Waals surface area contributed by atoms with E-state index in [1.807, 2.05) is 49.4 Å². The van der Waals surface area contributed by atoms with Crippen molar-refractivity contribution in [3.63, 3.8) is 0 Å². The number of benzene rings is 1. The van der Waals surface area contributed by atoms with Gasteiger partial charge in [-0.15, -0.1) is 11.3 Å². The molecule has 1 atom stereocenters. The SMILES string of the molecule is C[C@H](NC(=O)c1cc2ccccc2s1)c1nc(-c2ccncc2)n[nH]1. The van der Waals surface area contributed by atoms with Crippen LogP contribution in [0.4, 0.5) is 0 Å². The number of thiophene rings is 1. The lowest BCUT2D eigenvalue weighted by molar-refractivity contribution is 0.0942. The number of fused-ring (bicyclic) bond motifs is 1. The van der Waals surface area contributed by atoms with Gasteiger partial charge in [-0.2, -0.15) is 5.10 Å². The van der Waals surface area contributed by atoms with E-state index in [0.717, 1.165) is 15.6 Å². The molecule has 25 heavy (non-hydrogen) atoms. The molecular weight excluding hydrogens is 334 g/mol. The average Bonchev–Trinajstić information content (AvgIpc) is 3.29. The first-order valence-electron chi connectivity index (χ1n) is 7.83. The molecule has 0 fully saturated rings. The van der Waals surface area contributed by atoms with Gasteiger partial charge in [0, 0.05) is 22.7 Å². The summed E-state index contributed by atoms with van der Waals surface area (Å²) in [5, 5.41) is 11.1. The number of pyridine rings is 1. The van der Waals surface area contributed by atoms with Gasteiger partial charge < -0.3 is 5.32 Å². The number of H-pyrrole nitrogens is 1. The third-order valence-electron chi connectivity index (χ3n) is 3.85. The van der Waals surface area contributed by atoms with Crippen LogP contribution in [0.25, 0.3) is 21.5 Å². The number of aromatic nitrogens is 4. The van der Waals surface area contributed by atoms with Crippen molar-refractivity contribution in [1.29, 1.82) is 0 Å². The van der Waals surface area contributed by atoms with Gasteiger partial charge in [0.25, 0.3) is 5.91 Å². The van der Waals surface area contributed by atoms with E-state index in [-0.39, 0.29) is 11.9 Å². The number of nitrogens with zero attached hydrogens (tertiary/aromatic N) is 3. The number of hydrogen-bond acceptors (Lipinski definition) is 5. The zero-order valence-corrected chi connectivity index (χ0v) is 14.2. The standard InChI is InChI=1S/C18H15N5OS/c1-11(16-21-17(23-22-16)12-6-8-19-9-7-12)20-18(24)15-10-13-4-2-3-5-14(13)25-15/h2-11H,1H3,(H,20,24)(H,21,22,23)/t11-/m0/s1. The van der Waals surface area contributed by atoms with Crippen molar-refractivity contribution in [2.45, 2.75) is 13.0 Å². The summed E-state index contributed by atoms with van der Waals surface area (Å²) < 4.78 is 1.10. The Morgan fingerprint density at radius 1 is 1.20 bits per heavy atom. The molecule has 4 rings (SSSR count). The van der Waals surface area contributed by atoms with Crippen molar-refractivity contribution in [3.05, 3.63) is 65.6 Å². The Bertz CT molecular complexity index is 991. The number of carbonyl (C=O) groups is 1. The minimum Gasteiger partial charge on any atom is -0.342 e. The van der Waals surface area contributed by atoms with Gasteiger partial charge in [0.1, 0.15) is 5.82 Å². The predicted octanol–water partition coefficient (Wildman–Crippen LogP) is 3.57. The highest BCUT2D eigenvalue weighted by atomic mass is 32.1. The van der Waals surface area contributed by atoms with Crippen LogP contribution in [0.1, 0.15) is 28.5 Å². The van der Waals surface area contributed by atoms with E-state index in [4.69, 9.17) is 0 Å². The van der Waals surface area contributed by atoms with E-state index < -0.39 is 0 Å². The Labute approximate surface area is 148 Å². The van der Waals surface area contributed by atoms with Crippen LogP contribution in [-0.2, 0) is 0 Å². The molecule has 4 aromatic rings. The molecule has 124 valence electrons. The van der Waals surface area contributed by atoms with Crippen LogP contribution in [0.15, 0.2) is 54.9 Å². The monoisotopic (exact) mass is 349 g/mol. The molecule has 3 aromatic heterocycles. The number of rotatable bonds is 4. The molecule has 0 radical (unpaired) electrons. The molecule has 0 saturated carbocycles. The van der Waals surface area contributed by atoms with E-state index in [2.05, 4.69) is 25.5 Å². The summed E-state index contributed by atoms with van der Waals surface area (Å²) in [7, 11) is 0. The third-order valence-corrected chi connectivity index (χ3v) is 4.96. The molecule has 0 unspecified atom stereocenters. The normalized spacial score (nSPS) is 12.2. The Kier molecular flexibility index (Phi) is 3.99. The largest absolute Gasteiger partial charge is 0.342 e. The molecule has 0 aliphatic rings. The Morgan fingerprint density at radius 2 is 2.00 bits per heavy atom. The van der Waals surface area contributed by atoms with Crippen LogP contribution in [0.2, 0.25) is 0 Å². The zero-order chi connectivity index (χ0) is 17.2. The summed E-state index contributed by atoms with van der Waals surface area (Å²) in [5.41, 5.74) is 0.875. The van der Waals surface area contributed by atoms with Crippen LogP contribution < -0.4 is 5.32 Å². The Morgan fingerprint density at radius 3 is 2.80 bits per heavy atom. The first-order chi connectivity index (χ1) is 12.2. The highest BCUT2D eigenvalue weighted by molar-refractivity contribution is 7.20. The molecule has 0 spiro atoms. The minimum absolute atomic E-state index is 0.115. The van der Waals surface area contributed by atoms with Crippen molar-refractivity contribution in [1.82, 2.24) is 25.5 Å². The lowest BCUT2D eigenvalue weighted by Gasteiger charge is -2.09. The molecule has 2 N–H and O–H groups in total. The molecular formula is C18H15N5OS. The predicted molar refractivity (Wildman–Crippen MR) is 97.3 cm³/mol. The third kappa shape index (κ3) is 3.14. The van der Waals surface area contributed by atoms with Gasteiger partial charge in [-0.1, -0.05) is 18.2 Å². The quantitative estimate of drug-likeness (QED) is 0.590. The maximum atomic E-state index is 12.5. The van der Waals surface area contributed by atoms with Crippen LogP contribution in [0, 0.1) is 0 Å². The van der Waals surface area contributed by atoms with E-state index >= 15 is 0 Å². The summed E-state index contributed by atoms with van der Waals surface area (Å²) in [4.78, 5) is 21.6. The second-order valence-corrected chi connectivity index (χ2v) is 6.71. The first kappa shape index (κ1) is 15.5. The zero-order valence-electron chi connectivity index (χ0n) is 13.4. The summed E-state index contributed by atoms with van der Waals surface area (Å²) in [6.07, 6.45) is 3.38. The van der Waals surface area contributed by atoms with Crippen molar-refractivity contribution < 1.29 is 4.79 Å². The Hall–Kier alpha value is -3.06. The average molecular weight is 349 g/mol. The van der Waals surface area contributed by atoms with Gasteiger partial charge in [0.15, 0.2) is 5.82 Å². The minimum atomic E-state index is -0.277. The molecule has 6 nitrogen and oxygen atoms in total. The number of amides is 1. The van der Waals surface area contributed by atoms with Gasteiger partial charge in [-0.25, -0.2) is 4.98 Å². The lowest BCUT2D eigenvalue weighted by Crippen LogP contribution is -2.26. The van der Waals surface area contributed by atoms with Crippen molar-refractivity contribution in [2.75, 3.05) is 0 Å². The van der Waals surface area contributed by atoms with E-state index in [9.17, 15) is 4.79 Å². The molecule has 1 aromatic carbocycles. The Balaban J connectivity index is 1.50. The fourth-order valence-electron chi connectivity index (χ4n) is 2.53.